The Kier molecular flexibility index (Phi) is 8.07. The molecular weight excluding hydrogens is 380 g/mol. The van der Waals surface area contributed by atoms with Crippen molar-refractivity contribution >= 4 is 29.3 Å². The van der Waals surface area contributed by atoms with Crippen LogP contribution in [0.15, 0.2) is 47.4 Å². The summed E-state index contributed by atoms with van der Waals surface area (Å²) in [4.78, 5) is 37.4. The molecule has 2 aromatic rings. The maximum Gasteiger partial charge on any atom is 0.306 e. The molecule has 0 fully saturated rings. The number of hydrogen-bond donors (Lipinski definition) is 0. The van der Waals surface area contributed by atoms with Gasteiger partial charge in [0, 0.05) is 22.9 Å². The van der Waals surface area contributed by atoms with Gasteiger partial charge >= 0.3 is 5.97 Å². The Hall–Kier alpha value is -2.80. The Morgan fingerprint density at radius 2 is 1.61 bits per heavy atom. The second-order valence-electron chi connectivity index (χ2n) is 5.80. The zero-order valence-electron chi connectivity index (χ0n) is 16.0. The minimum Gasteiger partial charge on any atom is -0.497 e. The van der Waals surface area contributed by atoms with Gasteiger partial charge in [-0.2, -0.15) is 0 Å². The lowest BCUT2D eigenvalue weighted by atomic mass is 10.1. The zero-order chi connectivity index (χ0) is 20.5. The summed E-state index contributed by atoms with van der Waals surface area (Å²) in [5.74, 6) is -0.256. The summed E-state index contributed by atoms with van der Waals surface area (Å²) < 4.78 is 15.3. The third kappa shape index (κ3) is 5.85. The van der Waals surface area contributed by atoms with Crippen LogP contribution >= 0.6 is 11.8 Å². The molecule has 2 rings (SSSR count). The third-order valence-electron chi connectivity index (χ3n) is 4.04. The standard InChI is InChI=1S/C21H22O6S/c1-25-15-6-9-17(20(12-15)26-2)19(23)13-27-21(24)11-10-18(22)14-4-7-16(28-3)8-5-14/h4-9,12H,10-11,13H2,1-3H3. The highest BCUT2D eigenvalue weighted by atomic mass is 32.2. The molecule has 148 valence electrons. The first kappa shape index (κ1) is 21.5. The SMILES string of the molecule is COc1ccc(C(=O)COC(=O)CCC(=O)c2ccc(SC)cc2)c(OC)c1. The number of carbonyl (C=O) groups excluding carboxylic acids is 3. The summed E-state index contributed by atoms with van der Waals surface area (Å²) in [6.45, 7) is -0.419. The number of ether oxygens (including phenoxy) is 3. The fraction of sp³-hybridized carbons (Fsp3) is 0.286. The van der Waals surface area contributed by atoms with Crippen LogP contribution in [0.3, 0.4) is 0 Å². The number of ketones is 2. The third-order valence-corrected chi connectivity index (χ3v) is 4.79. The van der Waals surface area contributed by atoms with Gasteiger partial charge in [0.05, 0.1) is 26.2 Å². The van der Waals surface area contributed by atoms with Gasteiger partial charge in [-0.1, -0.05) is 12.1 Å². The quantitative estimate of drug-likeness (QED) is 0.340. The van der Waals surface area contributed by atoms with Gasteiger partial charge in [-0.25, -0.2) is 0 Å². The molecule has 0 spiro atoms. The first-order valence-electron chi connectivity index (χ1n) is 8.56. The van der Waals surface area contributed by atoms with Crippen LogP contribution in [0.5, 0.6) is 11.5 Å². The van der Waals surface area contributed by atoms with E-state index < -0.39 is 18.4 Å². The number of hydrogen-bond acceptors (Lipinski definition) is 7. The van der Waals surface area contributed by atoms with E-state index in [0.717, 1.165) is 4.90 Å². The van der Waals surface area contributed by atoms with Crippen LogP contribution in [-0.2, 0) is 9.53 Å². The van der Waals surface area contributed by atoms with E-state index in [1.807, 2.05) is 18.4 Å². The average molecular weight is 402 g/mol. The average Bonchev–Trinajstić information content (AvgIpc) is 2.75. The van der Waals surface area contributed by atoms with Gasteiger partial charge in [0.1, 0.15) is 11.5 Å². The highest BCUT2D eigenvalue weighted by molar-refractivity contribution is 7.98. The van der Waals surface area contributed by atoms with Gasteiger partial charge in [0.25, 0.3) is 0 Å². The predicted molar refractivity (Wildman–Crippen MR) is 107 cm³/mol. The van der Waals surface area contributed by atoms with E-state index in [-0.39, 0.29) is 18.6 Å². The summed E-state index contributed by atoms with van der Waals surface area (Å²) in [6.07, 6.45) is 1.89. The van der Waals surface area contributed by atoms with Gasteiger partial charge in [0.2, 0.25) is 5.78 Å². The number of esters is 1. The van der Waals surface area contributed by atoms with Gasteiger partial charge < -0.3 is 14.2 Å². The van der Waals surface area contributed by atoms with Crippen LogP contribution in [0.1, 0.15) is 33.6 Å². The van der Waals surface area contributed by atoms with Crippen LogP contribution in [-0.4, -0.2) is 44.6 Å². The van der Waals surface area contributed by atoms with Crippen molar-refractivity contribution in [3.8, 4) is 11.5 Å². The normalized spacial score (nSPS) is 10.2. The molecule has 0 saturated carbocycles. The molecule has 0 atom stereocenters. The molecule has 0 radical (unpaired) electrons. The first-order valence-corrected chi connectivity index (χ1v) is 9.79. The van der Waals surface area contributed by atoms with Gasteiger partial charge in [-0.3, -0.25) is 14.4 Å². The van der Waals surface area contributed by atoms with E-state index in [1.54, 1.807) is 42.1 Å². The second kappa shape index (κ2) is 10.5. The molecule has 7 heteroatoms. The molecule has 0 aliphatic carbocycles. The molecular formula is C21H22O6S. The Morgan fingerprint density at radius 3 is 2.21 bits per heavy atom. The molecule has 0 heterocycles. The molecule has 0 aliphatic rings. The summed E-state index contributed by atoms with van der Waals surface area (Å²) in [6, 6.07) is 11.9. The van der Waals surface area contributed by atoms with Crippen molar-refractivity contribution in [2.24, 2.45) is 0 Å². The highest BCUT2D eigenvalue weighted by Crippen LogP contribution is 2.25. The lowest BCUT2D eigenvalue weighted by Gasteiger charge is -2.10. The molecule has 0 aromatic heterocycles. The van der Waals surface area contributed by atoms with E-state index >= 15 is 0 Å². The van der Waals surface area contributed by atoms with E-state index in [2.05, 4.69) is 0 Å². The van der Waals surface area contributed by atoms with Crippen molar-refractivity contribution in [2.75, 3.05) is 27.1 Å². The summed E-state index contributed by atoms with van der Waals surface area (Å²) in [5.41, 5.74) is 0.839. The summed E-state index contributed by atoms with van der Waals surface area (Å²) >= 11 is 1.59. The lowest BCUT2D eigenvalue weighted by molar-refractivity contribution is -0.142. The van der Waals surface area contributed by atoms with Crippen LogP contribution in [0, 0.1) is 0 Å². The minimum absolute atomic E-state index is 0.0253. The van der Waals surface area contributed by atoms with E-state index in [1.165, 1.54) is 14.2 Å². The van der Waals surface area contributed by atoms with Crippen molar-refractivity contribution in [2.45, 2.75) is 17.7 Å². The number of benzene rings is 2. The highest BCUT2D eigenvalue weighted by Gasteiger charge is 2.16. The predicted octanol–water partition coefficient (Wildman–Crippen LogP) is 3.81. The van der Waals surface area contributed by atoms with Gasteiger partial charge in [-0.15, -0.1) is 11.8 Å². The van der Waals surface area contributed by atoms with E-state index in [4.69, 9.17) is 14.2 Å². The summed E-state index contributed by atoms with van der Waals surface area (Å²) in [7, 11) is 2.95. The maximum atomic E-state index is 12.3. The molecule has 0 bridgehead atoms. The molecule has 0 N–H and O–H groups in total. The molecule has 0 aliphatic heterocycles. The van der Waals surface area contributed by atoms with Crippen LogP contribution in [0.2, 0.25) is 0 Å². The Balaban J connectivity index is 1.84. The maximum absolute atomic E-state index is 12.3. The van der Waals surface area contributed by atoms with Crippen LogP contribution in [0.4, 0.5) is 0 Å². The van der Waals surface area contributed by atoms with Gasteiger partial charge in [0.15, 0.2) is 12.4 Å². The largest absolute Gasteiger partial charge is 0.497 e. The molecule has 6 nitrogen and oxygen atoms in total. The number of carbonyl (C=O) groups is 3. The van der Waals surface area contributed by atoms with Crippen molar-refractivity contribution < 1.29 is 28.6 Å². The minimum atomic E-state index is -0.602. The Labute approximate surface area is 168 Å². The van der Waals surface area contributed by atoms with Gasteiger partial charge in [-0.05, 0) is 30.5 Å². The first-order chi connectivity index (χ1) is 13.5. The Bertz CT molecular complexity index is 844. The zero-order valence-corrected chi connectivity index (χ0v) is 16.8. The fourth-order valence-electron chi connectivity index (χ4n) is 2.46. The smallest absolute Gasteiger partial charge is 0.306 e. The lowest BCUT2D eigenvalue weighted by Crippen LogP contribution is -2.15. The van der Waals surface area contributed by atoms with Crippen LogP contribution in [0.25, 0.3) is 0 Å². The van der Waals surface area contributed by atoms with E-state index in [9.17, 15) is 14.4 Å². The van der Waals surface area contributed by atoms with E-state index in [0.29, 0.717) is 22.6 Å². The van der Waals surface area contributed by atoms with Crippen molar-refractivity contribution in [3.63, 3.8) is 0 Å². The second-order valence-corrected chi connectivity index (χ2v) is 6.68. The molecule has 2 aromatic carbocycles. The number of Topliss-reactive ketones (excluding diaryl/α,β-unsaturated/α-hetero) is 2. The monoisotopic (exact) mass is 402 g/mol. The topological polar surface area (TPSA) is 78.9 Å². The molecule has 0 saturated heterocycles. The number of rotatable bonds is 10. The van der Waals surface area contributed by atoms with Crippen LogP contribution < -0.4 is 9.47 Å². The van der Waals surface area contributed by atoms with Crippen molar-refractivity contribution in [1.82, 2.24) is 0 Å². The molecule has 0 unspecified atom stereocenters. The molecule has 0 amide bonds. The van der Waals surface area contributed by atoms with Crippen molar-refractivity contribution in [3.05, 3.63) is 53.6 Å². The number of methoxy groups -OCH3 is 2. The fourth-order valence-corrected chi connectivity index (χ4v) is 2.87. The summed E-state index contributed by atoms with van der Waals surface area (Å²) in [5, 5.41) is 0. The number of thioether (sulfide) groups is 1. The Morgan fingerprint density at radius 1 is 0.893 bits per heavy atom. The molecule has 28 heavy (non-hydrogen) atoms. The van der Waals surface area contributed by atoms with Crippen molar-refractivity contribution in [1.29, 1.82) is 0 Å².